The monoisotopic (exact) mass is 337 g/mol. The van der Waals surface area contributed by atoms with Crippen LogP contribution in [-0.4, -0.2) is 47.7 Å². The summed E-state index contributed by atoms with van der Waals surface area (Å²) in [7, 11) is 0. The summed E-state index contributed by atoms with van der Waals surface area (Å²) in [5, 5.41) is 9.60. The zero-order chi connectivity index (χ0) is 16.6. The number of benzene rings is 1. The van der Waals surface area contributed by atoms with Gasteiger partial charge in [-0.3, -0.25) is 9.59 Å². The van der Waals surface area contributed by atoms with Gasteiger partial charge in [-0.1, -0.05) is 0 Å². The van der Waals surface area contributed by atoms with Crippen LogP contribution < -0.4 is 0 Å². The standard InChI is InChI=1S/C16H16FNO4S/c1-9-12-6-10(17)2-3-13(12)23-15(9)16(21)18-4-5-22-11(8-18)7-14(19)20/h2-3,6,11H,4-5,7-8H2,1H3,(H,19,20). The van der Waals surface area contributed by atoms with Gasteiger partial charge in [0.15, 0.2) is 0 Å². The van der Waals surface area contributed by atoms with Crippen LogP contribution in [0.25, 0.3) is 10.1 Å². The van der Waals surface area contributed by atoms with Crippen LogP contribution >= 0.6 is 11.3 Å². The van der Waals surface area contributed by atoms with Crippen molar-refractivity contribution < 1.29 is 23.8 Å². The molecule has 1 unspecified atom stereocenters. The van der Waals surface area contributed by atoms with Gasteiger partial charge in [0, 0.05) is 17.8 Å². The minimum Gasteiger partial charge on any atom is -0.481 e. The van der Waals surface area contributed by atoms with Crippen molar-refractivity contribution in [2.24, 2.45) is 0 Å². The molecular formula is C16H16FNO4S. The van der Waals surface area contributed by atoms with E-state index in [2.05, 4.69) is 0 Å². The molecule has 1 saturated heterocycles. The van der Waals surface area contributed by atoms with E-state index in [0.717, 1.165) is 15.6 Å². The van der Waals surface area contributed by atoms with E-state index in [-0.39, 0.29) is 24.7 Å². The Kier molecular flexibility index (Phi) is 4.32. The largest absolute Gasteiger partial charge is 0.481 e. The number of nitrogens with zero attached hydrogens (tertiary/aromatic N) is 1. The molecule has 1 aromatic heterocycles. The fourth-order valence-corrected chi connectivity index (χ4v) is 3.92. The number of aryl methyl sites for hydroxylation is 1. The van der Waals surface area contributed by atoms with Crippen LogP contribution in [0.5, 0.6) is 0 Å². The molecule has 3 rings (SSSR count). The molecule has 1 aliphatic heterocycles. The minimum atomic E-state index is -0.946. The maximum absolute atomic E-state index is 13.4. The molecule has 23 heavy (non-hydrogen) atoms. The average Bonchev–Trinajstić information content (AvgIpc) is 2.83. The molecule has 0 radical (unpaired) electrons. The number of carbonyl (C=O) groups excluding carboxylic acids is 1. The molecule has 5 nitrogen and oxygen atoms in total. The number of thiophene rings is 1. The third-order valence-corrected chi connectivity index (χ3v) is 5.18. The number of rotatable bonds is 3. The van der Waals surface area contributed by atoms with Crippen LogP contribution in [0.1, 0.15) is 21.7 Å². The second-order valence-electron chi connectivity index (χ2n) is 5.54. The van der Waals surface area contributed by atoms with Crippen molar-refractivity contribution in [2.45, 2.75) is 19.4 Å². The number of ether oxygens (including phenoxy) is 1. The van der Waals surface area contributed by atoms with E-state index < -0.39 is 12.1 Å². The first-order valence-corrected chi connectivity index (χ1v) is 8.08. The molecule has 2 heterocycles. The molecule has 1 aromatic carbocycles. The average molecular weight is 337 g/mol. The molecule has 1 fully saturated rings. The van der Waals surface area contributed by atoms with Crippen LogP contribution in [-0.2, 0) is 9.53 Å². The normalized spacial score (nSPS) is 18.3. The van der Waals surface area contributed by atoms with Crippen LogP contribution in [0.15, 0.2) is 18.2 Å². The highest BCUT2D eigenvalue weighted by Crippen LogP contribution is 2.32. The Labute approximate surface area is 136 Å². The highest BCUT2D eigenvalue weighted by molar-refractivity contribution is 7.21. The van der Waals surface area contributed by atoms with Gasteiger partial charge in [0.05, 0.1) is 24.0 Å². The predicted octanol–water partition coefficient (Wildman–Crippen LogP) is 2.66. The summed E-state index contributed by atoms with van der Waals surface area (Å²) < 4.78 is 19.6. The van der Waals surface area contributed by atoms with E-state index in [1.807, 2.05) is 0 Å². The molecule has 0 aliphatic carbocycles. The molecule has 2 aromatic rings. The second kappa shape index (κ2) is 6.25. The fraction of sp³-hybridized carbons (Fsp3) is 0.375. The number of carboxylic acid groups (broad SMARTS) is 1. The highest BCUT2D eigenvalue weighted by Gasteiger charge is 2.28. The van der Waals surface area contributed by atoms with Gasteiger partial charge in [-0.25, -0.2) is 4.39 Å². The Hall–Kier alpha value is -1.99. The molecule has 1 N–H and O–H groups in total. The first-order chi connectivity index (χ1) is 11.0. The van der Waals surface area contributed by atoms with Gasteiger partial charge in [-0.2, -0.15) is 0 Å². The number of hydrogen-bond donors (Lipinski definition) is 1. The molecule has 7 heteroatoms. The summed E-state index contributed by atoms with van der Waals surface area (Å²) in [6, 6.07) is 4.49. The minimum absolute atomic E-state index is 0.125. The highest BCUT2D eigenvalue weighted by atomic mass is 32.1. The van der Waals surface area contributed by atoms with Crippen molar-refractivity contribution >= 4 is 33.3 Å². The lowest BCUT2D eigenvalue weighted by molar-refractivity contribution is -0.141. The van der Waals surface area contributed by atoms with Crippen molar-refractivity contribution in [3.8, 4) is 0 Å². The zero-order valence-electron chi connectivity index (χ0n) is 12.5. The van der Waals surface area contributed by atoms with Crippen molar-refractivity contribution in [3.63, 3.8) is 0 Å². The van der Waals surface area contributed by atoms with Crippen molar-refractivity contribution in [3.05, 3.63) is 34.5 Å². The van der Waals surface area contributed by atoms with E-state index in [1.165, 1.54) is 23.5 Å². The second-order valence-corrected chi connectivity index (χ2v) is 6.59. The quantitative estimate of drug-likeness (QED) is 0.935. The Morgan fingerprint density at radius 2 is 2.26 bits per heavy atom. The number of amides is 1. The fourth-order valence-electron chi connectivity index (χ4n) is 2.76. The van der Waals surface area contributed by atoms with Gasteiger partial charge in [0.1, 0.15) is 5.82 Å². The molecule has 1 amide bonds. The summed E-state index contributed by atoms with van der Waals surface area (Å²) in [4.78, 5) is 25.7. The topological polar surface area (TPSA) is 66.8 Å². The number of hydrogen-bond acceptors (Lipinski definition) is 4. The van der Waals surface area contributed by atoms with Crippen LogP contribution in [0.2, 0.25) is 0 Å². The number of fused-ring (bicyclic) bond motifs is 1. The third kappa shape index (κ3) is 3.20. The smallest absolute Gasteiger partial charge is 0.306 e. The SMILES string of the molecule is Cc1c(C(=O)N2CCOC(CC(=O)O)C2)sc2ccc(F)cc12. The van der Waals surface area contributed by atoms with Gasteiger partial charge in [0.2, 0.25) is 0 Å². The van der Waals surface area contributed by atoms with Crippen molar-refractivity contribution in [1.29, 1.82) is 0 Å². The Morgan fingerprint density at radius 3 is 3.00 bits per heavy atom. The van der Waals surface area contributed by atoms with Gasteiger partial charge in [-0.15, -0.1) is 11.3 Å². The van der Waals surface area contributed by atoms with E-state index >= 15 is 0 Å². The summed E-state index contributed by atoms with van der Waals surface area (Å²) in [6.07, 6.45) is -0.613. The third-order valence-electron chi connectivity index (χ3n) is 3.92. The van der Waals surface area contributed by atoms with E-state index in [0.29, 0.717) is 18.0 Å². The van der Waals surface area contributed by atoms with Gasteiger partial charge in [0.25, 0.3) is 5.91 Å². The maximum atomic E-state index is 13.4. The Balaban J connectivity index is 1.85. The van der Waals surface area contributed by atoms with Crippen LogP contribution in [0, 0.1) is 12.7 Å². The van der Waals surface area contributed by atoms with Crippen molar-refractivity contribution in [2.75, 3.05) is 19.7 Å². The lowest BCUT2D eigenvalue weighted by Crippen LogP contribution is -2.46. The molecule has 1 atom stereocenters. The first kappa shape index (κ1) is 15.9. The van der Waals surface area contributed by atoms with E-state index in [4.69, 9.17) is 9.84 Å². The van der Waals surface area contributed by atoms with Gasteiger partial charge in [-0.05, 0) is 36.1 Å². The molecular weight excluding hydrogens is 321 g/mol. The van der Waals surface area contributed by atoms with Crippen molar-refractivity contribution in [1.82, 2.24) is 4.90 Å². The summed E-state index contributed by atoms with van der Waals surface area (Å²) in [6.45, 7) is 2.81. The summed E-state index contributed by atoms with van der Waals surface area (Å²) >= 11 is 1.33. The zero-order valence-corrected chi connectivity index (χ0v) is 13.4. The number of morpholine rings is 1. The molecule has 0 bridgehead atoms. The maximum Gasteiger partial charge on any atom is 0.306 e. The number of halogens is 1. The Morgan fingerprint density at radius 1 is 1.48 bits per heavy atom. The van der Waals surface area contributed by atoms with Crippen LogP contribution in [0.3, 0.4) is 0 Å². The Bertz CT molecular complexity index is 773. The summed E-state index contributed by atoms with van der Waals surface area (Å²) in [5.74, 6) is -1.43. The van der Waals surface area contributed by atoms with Gasteiger partial charge < -0.3 is 14.7 Å². The first-order valence-electron chi connectivity index (χ1n) is 7.27. The molecule has 122 valence electrons. The molecule has 0 spiro atoms. The number of carbonyl (C=O) groups is 2. The number of aliphatic carboxylic acids is 1. The lowest BCUT2D eigenvalue weighted by atomic mass is 10.1. The van der Waals surface area contributed by atoms with Crippen LogP contribution in [0.4, 0.5) is 4.39 Å². The lowest BCUT2D eigenvalue weighted by Gasteiger charge is -2.32. The van der Waals surface area contributed by atoms with E-state index in [9.17, 15) is 14.0 Å². The van der Waals surface area contributed by atoms with Gasteiger partial charge >= 0.3 is 5.97 Å². The summed E-state index contributed by atoms with van der Waals surface area (Å²) in [5.41, 5.74) is 0.760. The number of carboxylic acids is 1. The van der Waals surface area contributed by atoms with E-state index in [1.54, 1.807) is 17.9 Å². The molecule has 0 saturated carbocycles. The predicted molar refractivity (Wildman–Crippen MR) is 84.4 cm³/mol. The molecule has 1 aliphatic rings.